The number of nitro benzene ring substituents is 1. The highest BCUT2D eigenvalue weighted by Gasteiger charge is 2.13. The molecule has 10 heteroatoms. The highest BCUT2D eigenvalue weighted by molar-refractivity contribution is 5.84. The SMILES string of the molecule is COc1cc([N+](=O)[O-])ccc1COC(=O)Nc1ccc(COC(N)=O)cc1. The molecule has 2 aromatic rings. The number of nitrogens with one attached hydrogen (secondary N) is 1. The molecule has 0 aromatic heterocycles. The van der Waals surface area contributed by atoms with Gasteiger partial charge in [-0.15, -0.1) is 0 Å². The van der Waals surface area contributed by atoms with Crippen LogP contribution in [-0.4, -0.2) is 24.2 Å². The third kappa shape index (κ3) is 5.88. The number of primary amides is 1. The summed E-state index contributed by atoms with van der Waals surface area (Å²) in [5, 5.41) is 13.3. The zero-order chi connectivity index (χ0) is 19.8. The van der Waals surface area contributed by atoms with Gasteiger partial charge in [0.2, 0.25) is 0 Å². The minimum Gasteiger partial charge on any atom is -0.496 e. The van der Waals surface area contributed by atoms with Gasteiger partial charge in [-0.1, -0.05) is 12.1 Å². The van der Waals surface area contributed by atoms with Crippen molar-refractivity contribution >= 4 is 23.6 Å². The van der Waals surface area contributed by atoms with Crippen LogP contribution in [0.4, 0.5) is 21.0 Å². The van der Waals surface area contributed by atoms with Gasteiger partial charge in [0.15, 0.2) is 0 Å². The van der Waals surface area contributed by atoms with Gasteiger partial charge in [0.05, 0.1) is 18.1 Å². The summed E-state index contributed by atoms with van der Waals surface area (Å²) in [4.78, 5) is 32.7. The molecular weight excluding hydrogens is 358 g/mol. The molecule has 0 unspecified atom stereocenters. The molecule has 0 aliphatic carbocycles. The number of rotatable bonds is 7. The molecule has 0 heterocycles. The van der Waals surface area contributed by atoms with Crippen LogP contribution in [0.3, 0.4) is 0 Å². The lowest BCUT2D eigenvalue weighted by atomic mass is 10.2. The van der Waals surface area contributed by atoms with E-state index in [1.165, 1.54) is 25.3 Å². The van der Waals surface area contributed by atoms with Crippen molar-refractivity contribution in [3.05, 3.63) is 63.7 Å². The van der Waals surface area contributed by atoms with Crippen molar-refractivity contribution in [2.75, 3.05) is 12.4 Å². The predicted molar refractivity (Wildman–Crippen MR) is 94.3 cm³/mol. The van der Waals surface area contributed by atoms with Crippen LogP contribution in [0.15, 0.2) is 42.5 Å². The molecular formula is C17H17N3O7. The van der Waals surface area contributed by atoms with Crippen molar-refractivity contribution in [1.82, 2.24) is 0 Å². The maximum atomic E-state index is 11.9. The molecule has 0 atom stereocenters. The Morgan fingerprint density at radius 2 is 1.81 bits per heavy atom. The van der Waals surface area contributed by atoms with Gasteiger partial charge in [-0.25, -0.2) is 9.59 Å². The van der Waals surface area contributed by atoms with E-state index in [2.05, 4.69) is 10.1 Å². The number of benzene rings is 2. The number of carbonyl (C=O) groups excluding carboxylic acids is 2. The molecule has 3 N–H and O–H groups in total. The van der Waals surface area contributed by atoms with E-state index in [0.717, 1.165) is 0 Å². The lowest BCUT2D eigenvalue weighted by Gasteiger charge is -2.10. The second kappa shape index (κ2) is 9.04. The quantitative estimate of drug-likeness (QED) is 0.559. The standard InChI is InChI=1S/C17H17N3O7/c1-25-15-8-14(20(23)24)7-4-12(15)10-27-17(22)19-13-5-2-11(3-6-13)9-26-16(18)21/h2-8H,9-10H2,1H3,(H2,18,21)(H,19,22). The van der Waals surface area contributed by atoms with E-state index in [-0.39, 0.29) is 24.7 Å². The molecule has 2 aromatic carbocycles. The first-order valence-electron chi connectivity index (χ1n) is 7.65. The van der Waals surface area contributed by atoms with Crippen LogP contribution in [0, 0.1) is 10.1 Å². The number of nitrogens with two attached hydrogens (primary N) is 1. The molecule has 0 aliphatic heterocycles. The van der Waals surface area contributed by atoms with Crippen molar-refractivity contribution in [3.8, 4) is 5.75 Å². The normalized spacial score (nSPS) is 9.96. The molecule has 0 saturated carbocycles. The molecule has 0 bridgehead atoms. The Morgan fingerprint density at radius 3 is 2.41 bits per heavy atom. The van der Waals surface area contributed by atoms with Gasteiger partial charge in [0.1, 0.15) is 19.0 Å². The van der Waals surface area contributed by atoms with Crippen molar-refractivity contribution in [3.63, 3.8) is 0 Å². The van der Waals surface area contributed by atoms with Crippen LogP contribution in [0.2, 0.25) is 0 Å². The molecule has 27 heavy (non-hydrogen) atoms. The molecule has 2 rings (SSSR count). The van der Waals surface area contributed by atoms with E-state index >= 15 is 0 Å². The van der Waals surface area contributed by atoms with Crippen molar-refractivity contribution in [1.29, 1.82) is 0 Å². The summed E-state index contributed by atoms with van der Waals surface area (Å²) in [7, 11) is 1.37. The number of nitrogens with zero attached hydrogens (tertiary/aromatic N) is 1. The first-order valence-corrected chi connectivity index (χ1v) is 7.65. The number of methoxy groups -OCH3 is 1. The van der Waals surface area contributed by atoms with Crippen LogP contribution < -0.4 is 15.8 Å². The predicted octanol–water partition coefficient (Wildman–Crippen LogP) is 2.95. The second-order valence-electron chi connectivity index (χ2n) is 5.26. The fourth-order valence-electron chi connectivity index (χ4n) is 2.10. The number of ether oxygens (including phenoxy) is 3. The van der Waals surface area contributed by atoms with Crippen LogP contribution in [0.5, 0.6) is 5.75 Å². The minimum atomic E-state index is -0.873. The molecule has 0 aliphatic rings. The summed E-state index contributed by atoms with van der Waals surface area (Å²) in [6.45, 7) is -0.0997. The van der Waals surface area contributed by atoms with Gasteiger partial charge in [0, 0.05) is 17.3 Å². The first-order chi connectivity index (χ1) is 12.9. The molecule has 0 radical (unpaired) electrons. The Bertz CT molecular complexity index is 837. The average molecular weight is 375 g/mol. The first kappa shape index (κ1) is 19.5. The molecule has 0 spiro atoms. The van der Waals surface area contributed by atoms with Crippen LogP contribution in [0.25, 0.3) is 0 Å². The smallest absolute Gasteiger partial charge is 0.411 e. The van der Waals surface area contributed by atoms with Gasteiger partial charge < -0.3 is 19.9 Å². The van der Waals surface area contributed by atoms with Gasteiger partial charge in [-0.05, 0) is 23.8 Å². The Labute approximate surface area is 154 Å². The van der Waals surface area contributed by atoms with Crippen LogP contribution in [-0.2, 0) is 22.7 Å². The summed E-state index contributed by atoms with van der Waals surface area (Å²) in [5.74, 6) is 0.246. The largest absolute Gasteiger partial charge is 0.496 e. The zero-order valence-electron chi connectivity index (χ0n) is 14.3. The molecule has 10 nitrogen and oxygen atoms in total. The van der Waals surface area contributed by atoms with E-state index in [1.54, 1.807) is 24.3 Å². The number of amides is 2. The van der Waals surface area contributed by atoms with E-state index < -0.39 is 17.1 Å². The monoisotopic (exact) mass is 375 g/mol. The summed E-state index contributed by atoms with van der Waals surface area (Å²) in [6.07, 6.45) is -1.58. The molecule has 2 amide bonds. The van der Waals surface area contributed by atoms with Gasteiger partial charge in [0.25, 0.3) is 5.69 Å². The third-order valence-electron chi connectivity index (χ3n) is 3.42. The Kier molecular flexibility index (Phi) is 6.53. The summed E-state index contributed by atoms with van der Waals surface area (Å²) in [5.41, 5.74) is 6.41. The summed E-state index contributed by atoms with van der Waals surface area (Å²) < 4.78 is 14.8. The zero-order valence-corrected chi connectivity index (χ0v) is 14.3. The topological polar surface area (TPSA) is 143 Å². The Hall–Kier alpha value is -3.82. The molecule has 0 saturated heterocycles. The van der Waals surface area contributed by atoms with E-state index in [0.29, 0.717) is 16.8 Å². The number of nitro groups is 1. The van der Waals surface area contributed by atoms with Gasteiger partial charge in [-0.3, -0.25) is 15.4 Å². The maximum absolute atomic E-state index is 11.9. The number of anilines is 1. The van der Waals surface area contributed by atoms with Crippen LogP contribution >= 0.6 is 0 Å². The highest BCUT2D eigenvalue weighted by Crippen LogP contribution is 2.25. The third-order valence-corrected chi connectivity index (χ3v) is 3.42. The van der Waals surface area contributed by atoms with Gasteiger partial charge >= 0.3 is 12.2 Å². The lowest BCUT2D eigenvalue weighted by molar-refractivity contribution is -0.384. The highest BCUT2D eigenvalue weighted by atomic mass is 16.6. The fourth-order valence-corrected chi connectivity index (χ4v) is 2.10. The fraction of sp³-hybridized carbons (Fsp3) is 0.176. The second-order valence-corrected chi connectivity index (χ2v) is 5.26. The molecule has 0 fully saturated rings. The number of hydrogen-bond donors (Lipinski definition) is 2. The van der Waals surface area contributed by atoms with Crippen molar-refractivity contribution in [2.45, 2.75) is 13.2 Å². The number of non-ortho nitro benzene ring substituents is 1. The van der Waals surface area contributed by atoms with Crippen LogP contribution in [0.1, 0.15) is 11.1 Å². The van der Waals surface area contributed by atoms with Crippen molar-refractivity contribution < 1.29 is 28.7 Å². The summed E-state index contributed by atoms with van der Waals surface area (Å²) >= 11 is 0. The molecule has 142 valence electrons. The van der Waals surface area contributed by atoms with Crippen molar-refractivity contribution in [2.24, 2.45) is 5.73 Å². The van der Waals surface area contributed by atoms with E-state index in [1.807, 2.05) is 0 Å². The average Bonchev–Trinajstić information content (AvgIpc) is 2.65. The Morgan fingerprint density at radius 1 is 1.11 bits per heavy atom. The maximum Gasteiger partial charge on any atom is 0.411 e. The summed E-state index contributed by atoms with van der Waals surface area (Å²) in [6, 6.07) is 10.5. The lowest BCUT2D eigenvalue weighted by Crippen LogP contribution is -2.14. The number of hydrogen-bond acceptors (Lipinski definition) is 7. The van der Waals surface area contributed by atoms with E-state index in [9.17, 15) is 19.7 Å². The number of carbonyl (C=O) groups is 2. The van der Waals surface area contributed by atoms with Gasteiger partial charge in [-0.2, -0.15) is 0 Å². The Balaban J connectivity index is 1.90. The minimum absolute atomic E-state index is 0.0278. The van der Waals surface area contributed by atoms with E-state index in [4.69, 9.17) is 15.2 Å².